The molecular weight excluding hydrogens is 270 g/mol. The van der Waals surface area contributed by atoms with Crippen LogP contribution in [0.5, 0.6) is 0 Å². The van der Waals surface area contributed by atoms with Crippen molar-refractivity contribution in [1.29, 1.82) is 0 Å². The Balaban J connectivity index is 1.55. The third kappa shape index (κ3) is 3.86. The number of hydrogen-bond donors (Lipinski definition) is 0. The summed E-state index contributed by atoms with van der Waals surface area (Å²) in [6, 6.07) is 12.9. The van der Waals surface area contributed by atoms with Crippen LogP contribution in [0.25, 0.3) is 0 Å². The normalized spacial score (nSPS) is 16.5. The van der Waals surface area contributed by atoms with Gasteiger partial charge in [0.15, 0.2) is 0 Å². The SMILES string of the molecule is Cc1ccccc1N1CCCN(CCc2cccnc2)CC1. The summed E-state index contributed by atoms with van der Waals surface area (Å²) in [5, 5.41) is 0. The Morgan fingerprint density at radius 1 is 1.00 bits per heavy atom. The molecule has 116 valence electrons. The van der Waals surface area contributed by atoms with Crippen LogP contribution in [-0.4, -0.2) is 42.6 Å². The van der Waals surface area contributed by atoms with Crippen molar-refractivity contribution in [2.75, 3.05) is 37.6 Å². The topological polar surface area (TPSA) is 19.4 Å². The van der Waals surface area contributed by atoms with E-state index < -0.39 is 0 Å². The Labute approximate surface area is 133 Å². The monoisotopic (exact) mass is 295 g/mol. The highest BCUT2D eigenvalue weighted by Crippen LogP contribution is 2.20. The van der Waals surface area contributed by atoms with E-state index in [1.165, 1.54) is 29.8 Å². The number of aromatic nitrogens is 1. The molecular formula is C19H25N3. The molecule has 3 heteroatoms. The van der Waals surface area contributed by atoms with Crippen molar-refractivity contribution < 1.29 is 0 Å². The molecule has 2 aromatic rings. The number of nitrogens with zero attached hydrogens (tertiary/aromatic N) is 3. The van der Waals surface area contributed by atoms with E-state index in [-0.39, 0.29) is 0 Å². The van der Waals surface area contributed by atoms with Gasteiger partial charge in [0, 0.05) is 44.3 Å². The van der Waals surface area contributed by atoms with E-state index in [0.29, 0.717) is 0 Å². The van der Waals surface area contributed by atoms with Crippen molar-refractivity contribution in [1.82, 2.24) is 9.88 Å². The van der Waals surface area contributed by atoms with Gasteiger partial charge in [0.05, 0.1) is 0 Å². The lowest BCUT2D eigenvalue weighted by atomic mass is 10.2. The molecule has 0 radical (unpaired) electrons. The zero-order chi connectivity index (χ0) is 15.2. The Morgan fingerprint density at radius 3 is 2.73 bits per heavy atom. The second-order valence-corrected chi connectivity index (χ2v) is 6.08. The molecule has 22 heavy (non-hydrogen) atoms. The Kier molecular flexibility index (Phi) is 5.07. The van der Waals surface area contributed by atoms with Gasteiger partial charge in [0.25, 0.3) is 0 Å². The molecule has 3 nitrogen and oxygen atoms in total. The molecule has 1 aliphatic heterocycles. The third-order valence-corrected chi connectivity index (χ3v) is 4.48. The predicted octanol–water partition coefficient (Wildman–Crippen LogP) is 3.14. The molecule has 1 aliphatic rings. The highest BCUT2D eigenvalue weighted by molar-refractivity contribution is 5.53. The first-order chi connectivity index (χ1) is 10.8. The Morgan fingerprint density at radius 2 is 1.91 bits per heavy atom. The van der Waals surface area contributed by atoms with Crippen molar-refractivity contribution in [3.05, 3.63) is 59.9 Å². The van der Waals surface area contributed by atoms with Crippen LogP contribution in [0, 0.1) is 6.92 Å². The molecule has 0 bridgehead atoms. The van der Waals surface area contributed by atoms with E-state index in [9.17, 15) is 0 Å². The zero-order valence-electron chi connectivity index (χ0n) is 13.4. The molecule has 0 amide bonds. The Bertz CT molecular complexity index is 582. The minimum absolute atomic E-state index is 1.10. The molecule has 0 spiro atoms. The number of aryl methyl sites for hydroxylation is 1. The van der Waals surface area contributed by atoms with Crippen LogP contribution in [0.1, 0.15) is 17.5 Å². The van der Waals surface area contributed by atoms with Crippen molar-refractivity contribution in [3.63, 3.8) is 0 Å². The maximum absolute atomic E-state index is 4.20. The van der Waals surface area contributed by atoms with Crippen molar-refractivity contribution in [3.8, 4) is 0 Å². The second kappa shape index (κ2) is 7.41. The zero-order valence-corrected chi connectivity index (χ0v) is 13.4. The van der Waals surface area contributed by atoms with E-state index in [1.807, 2.05) is 18.5 Å². The van der Waals surface area contributed by atoms with Crippen molar-refractivity contribution in [2.24, 2.45) is 0 Å². The van der Waals surface area contributed by atoms with Gasteiger partial charge >= 0.3 is 0 Å². The number of benzene rings is 1. The first-order valence-electron chi connectivity index (χ1n) is 8.25. The van der Waals surface area contributed by atoms with Gasteiger partial charge in [-0.1, -0.05) is 24.3 Å². The van der Waals surface area contributed by atoms with Gasteiger partial charge in [0.2, 0.25) is 0 Å². The molecule has 3 rings (SSSR count). The number of para-hydroxylation sites is 1. The first-order valence-corrected chi connectivity index (χ1v) is 8.25. The number of rotatable bonds is 4. The average molecular weight is 295 g/mol. The van der Waals surface area contributed by atoms with Gasteiger partial charge < -0.3 is 9.80 Å². The van der Waals surface area contributed by atoms with Crippen LogP contribution in [0.3, 0.4) is 0 Å². The van der Waals surface area contributed by atoms with Crippen LogP contribution in [0.2, 0.25) is 0 Å². The van der Waals surface area contributed by atoms with Gasteiger partial charge in [-0.25, -0.2) is 0 Å². The maximum Gasteiger partial charge on any atom is 0.0396 e. The summed E-state index contributed by atoms with van der Waals surface area (Å²) in [6.07, 6.45) is 6.16. The van der Waals surface area contributed by atoms with Gasteiger partial charge in [-0.05, 0) is 49.6 Å². The first kappa shape index (κ1) is 15.0. The summed E-state index contributed by atoms with van der Waals surface area (Å²) in [5.74, 6) is 0. The quantitative estimate of drug-likeness (QED) is 0.864. The van der Waals surface area contributed by atoms with Crippen molar-refractivity contribution >= 4 is 5.69 Å². The van der Waals surface area contributed by atoms with Gasteiger partial charge in [-0.15, -0.1) is 0 Å². The average Bonchev–Trinajstić information content (AvgIpc) is 2.80. The van der Waals surface area contributed by atoms with Crippen LogP contribution < -0.4 is 4.90 Å². The van der Waals surface area contributed by atoms with Gasteiger partial charge in [-0.3, -0.25) is 4.98 Å². The van der Waals surface area contributed by atoms with Crippen molar-refractivity contribution in [2.45, 2.75) is 19.8 Å². The summed E-state index contributed by atoms with van der Waals surface area (Å²) in [4.78, 5) is 9.33. The van der Waals surface area contributed by atoms with Crippen LogP contribution in [0.4, 0.5) is 5.69 Å². The number of pyridine rings is 1. The van der Waals surface area contributed by atoms with Gasteiger partial charge in [-0.2, -0.15) is 0 Å². The molecule has 1 aromatic carbocycles. The molecule has 0 aliphatic carbocycles. The highest BCUT2D eigenvalue weighted by atomic mass is 15.2. The van der Waals surface area contributed by atoms with Crippen LogP contribution in [-0.2, 0) is 6.42 Å². The van der Waals surface area contributed by atoms with E-state index >= 15 is 0 Å². The smallest absolute Gasteiger partial charge is 0.0396 e. The van der Waals surface area contributed by atoms with E-state index in [1.54, 1.807) is 0 Å². The largest absolute Gasteiger partial charge is 0.370 e. The maximum atomic E-state index is 4.20. The third-order valence-electron chi connectivity index (χ3n) is 4.48. The van der Waals surface area contributed by atoms with Crippen LogP contribution >= 0.6 is 0 Å². The highest BCUT2D eigenvalue weighted by Gasteiger charge is 2.16. The predicted molar refractivity (Wildman–Crippen MR) is 92.4 cm³/mol. The van der Waals surface area contributed by atoms with E-state index in [2.05, 4.69) is 52.0 Å². The van der Waals surface area contributed by atoms with Crippen LogP contribution in [0.15, 0.2) is 48.8 Å². The molecule has 0 atom stereocenters. The summed E-state index contributed by atoms with van der Waals surface area (Å²) in [7, 11) is 0. The summed E-state index contributed by atoms with van der Waals surface area (Å²) in [6.45, 7) is 7.97. The number of hydrogen-bond acceptors (Lipinski definition) is 3. The molecule has 0 unspecified atom stereocenters. The molecule has 2 heterocycles. The molecule has 0 saturated carbocycles. The lowest BCUT2D eigenvalue weighted by molar-refractivity contribution is 0.297. The molecule has 0 N–H and O–H groups in total. The lowest BCUT2D eigenvalue weighted by Crippen LogP contribution is -2.32. The second-order valence-electron chi connectivity index (χ2n) is 6.08. The van der Waals surface area contributed by atoms with Gasteiger partial charge in [0.1, 0.15) is 0 Å². The fraction of sp³-hybridized carbons (Fsp3) is 0.421. The molecule has 1 aromatic heterocycles. The minimum atomic E-state index is 1.10. The summed E-state index contributed by atoms with van der Waals surface area (Å²) in [5.41, 5.74) is 4.12. The Hall–Kier alpha value is -1.87. The fourth-order valence-electron chi connectivity index (χ4n) is 3.19. The van der Waals surface area contributed by atoms with E-state index in [0.717, 1.165) is 32.6 Å². The lowest BCUT2D eigenvalue weighted by Gasteiger charge is -2.25. The fourth-order valence-corrected chi connectivity index (χ4v) is 3.19. The minimum Gasteiger partial charge on any atom is -0.370 e. The number of anilines is 1. The standard InChI is InChI=1S/C19H25N3/c1-17-6-2-3-8-19(17)22-12-5-11-21(14-15-22)13-9-18-7-4-10-20-16-18/h2-4,6-8,10,16H,5,9,11-15H2,1H3. The summed E-state index contributed by atoms with van der Waals surface area (Å²) < 4.78 is 0. The van der Waals surface area contributed by atoms with E-state index in [4.69, 9.17) is 0 Å². The molecule has 1 fully saturated rings. The molecule has 1 saturated heterocycles. The summed E-state index contributed by atoms with van der Waals surface area (Å²) >= 11 is 0.